The molecule has 2 nitrogen and oxygen atoms in total. The van der Waals surface area contributed by atoms with E-state index in [9.17, 15) is 0 Å². The SMILES string of the molecule is CCNCC1CCN(c2cccc(C)c2Br)C1. The summed E-state index contributed by atoms with van der Waals surface area (Å²) in [5.41, 5.74) is 2.67. The summed E-state index contributed by atoms with van der Waals surface area (Å²) in [6, 6.07) is 6.51. The Morgan fingerprint density at radius 3 is 3.06 bits per heavy atom. The lowest BCUT2D eigenvalue weighted by Gasteiger charge is -2.21. The molecule has 1 unspecified atom stereocenters. The Morgan fingerprint density at radius 2 is 2.29 bits per heavy atom. The highest BCUT2D eigenvalue weighted by Gasteiger charge is 2.23. The molecule has 1 aliphatic rings. The van der Waals surface area contributed by atoms with Gasteiger partial charge in [-0.05, 0) is 59.9 Å². The van der Waals surface area contributed by atoms with Gasteiger partial charge in [-0.1, -0.05) is 19.1 Å². The van der Waals surface area contributed by atoms with Crippen LogP contribution in [0.5, 0.6) is 0 Å². The Balaban J connectivity index is 2.02. The first-order chi connectivity index (χ1) is 8.22. The molecule has 1 aromatic rings. The second kappa shape index (κ2) is 5.87. The lowest BCUT2D eigenvalue weighted by atomic mass is 10.1. The normalized spacial score (nSPS) is 19.9. The predicted molar refractivity (Wildman–Crippen MR) is 77.7 cm³/mol. The van der Waals surface area contributed by atoms with Gasteiger partial charge in [0.15, 0.2) is 0 Å². The summed E-state index contributed by atoms with van der Waals surface area (Å²) in [6.07, 6.45) is 1.30. The van der Waals surface area contributed by atoms with Crippen LogP contribution in [-0.2, 0) is 0 Å². The topological polar surface area (TPSA) is 15.3 Å². The van der Waals surface area contributed by atoms with Gasteiger partial charge >= 0.3 is 0 Å². The van der Waals surface area contributed by atoms with Crippen molar-refractivity contribution in [3.63, 3.8) is 0 Å². The van der Waals surface area contributed by atoms with Crippen LogP contribution in [0, 0.1) is 12.8 Å². The summed E-state index contributed by atoms with van der Waals surface area (Å²) in [6.45, 7) is 8.90. The maximum atomic E-state index is 3.71. The molecule has 2 rings (SSSR count). The molecule has 1 saturated heterocycles. The Kier molecular flexibility index (Phi) is 4.46. The maximum Gasteiger partial charge on any atom is 0.0513 e. The molecular formula is C14H21BrN2. The van der Waals surface area contributed by atoms with Gasteiger partial charge in [0.05, 0.1) is 5.69 Å². The van der Waals surface area contributed by atoms with Gasteiger partial charge < -0.3 is 10.2 Å². The van der Waals surface area contributed by atoms with Crippen molar-refractivity contribution in [1.29, 1.82) is 0 Å². The highest BCUT2D eigenvalue weighted by Crippen LogP contribution is 2.32. The molecule has 1 aliphatic heterocycles. The fourth-order valence-corrected chi connectivity index (χ4v) is 2.96. The molecule has 0 aliphatic carbocycles. The Bertz CT molecular complexity index is 378. The maximum absolute atomic E-state index is 3.71. The third-order valence-electron chi connectivity index (χ3n) is 3.48. The summed E-state index contributed by atoms with van der Waals surface area (Å²) in [4.78, 5) is 2.50. The zero-order chi connectivity index (χ0) is 12.3. The highest BCUT2D eigenvalue weighted by atomic mass is 79.9. The average Bonchev–Trinajstić information content (AvgIpc) is 2.78. The summed E-state index contributed by atoms with van der Waals surface area (Å²) < 4.78 is 1.25. The van der Waals surface area contributed by atoms with Gasteiger partial charge in [0.1, 0.15) is 0 Å². The Labute approximate surface area is 113 Å². The first-order valence-corrected chi connectivity index (χ1v) is 7.22. The number of benzene rings is 1. The fourth-order valence-electron chi connectivity index (χ4n) is 2.44. The van der Waals surface area contributed by atoms with Gasteiger partial charge in [-0.3, -0.25) is 0 Å². The van der Waals surface area contributed by atoms with E-state index in [1.807, 2.05) is 0 Å². The standard InChI is InChI=1S/C14H21BrN2/c1-3-16-9-12-7-8-17(10-12)13-6-4-5-11(2)14(13)15/h4-6,12,16H,3,7-10H2,1-2H3. The third kappa shape index (κ3) is 3.02. The predicted octanol–water partition coefficient (Wildman–Crippen LogP) is 3.19. The van der Waals surface area contributed by atoms with Crippen molar-refractivity contribution in [2.75, 3.05) is 31.1 Å². The zero-order valence-electron chi connectivity index (χ0n) is 10.7. The highest BCUT2D eigenvalue weighted by molar-refractivity contribution is 9.10. The molecule has 0 amide bonds. The van der Waals surface area contributed by atoms with E-state index in [1.165, 1.54) is 35.2 Å². The molecule has 1 N–H and O–H groups in total. The number of halogens is 1. The van der Waals surface area contributed by atoms with Crippen LogP contribution in [0.3, 0.4) is 0 Å². The van der Waals surface area contributed by atoms with Crippen molar-refractivity contribution in [3.05, 3.63) is 28.2 Å². The van der Waals surface area contributed by atoms with E-state index in [0.717, 1.165) is 19.0 Å². The molecule has 17 heavy (non-hydrogen) atoms. The minimum absolute atomic E-state index is 0.794. The molecule has 1 atom stereocenters. The summed E-state index contributed by atoms with van der Waals surface area (Å²) in [5.74, 6) is 0.794. The van der Waals surface area contributed by atoms with Crippen molar-refractivity contribution in [3.8, 4) is 0 Å². The van der Waals surface area contributed by atoms with Crippen molar-refractivity contribution >= 4 is 21.6 Å². The molecule has 0 radical (unpaired) electrons. The van der Waals surface area contributed by atoms with Crippen LogP contribution < -0.4 is 10.2 Å². The number of aryl methyl sites for hydroxylation is 1. The summed E-state index contributed by atoms with van der Waals surface area (Å²) in [7, 11) is 0. The van der Waals surface area contributed by atoms with Gasteiger partial charge in [0.25, 0.3) is 0 Å². The molecule has 0 spiro atoms. The number of nitrogens with zero attached hydrogens (tertiary/aromatic N) is 1. The second-order valence-electron chi connectivity index (χ2n) is 4.82. The molecule has 0 saturated carbocycles. The van der Waals surface area contributed by atoms with Gasteiger partial charge in [-0.15, -0.1) is 0 Å². The third-order valence-corrected chi connectivity index (χ3v) is 4.51. The molecule has 1 heterocycles. The summed E-state index contributed by atoms with van der Waals surface area (Å²) in [5, 5.41) is 3.45. The fraction of sp³-hybridized carbons (Fsp3) is 0.571. The van der Waals surface area contributed by atoms with Crippen molar-refractivity contribution < 1.29 is 0 Å². The van der Waals surface area contributed by atoms with E-state index in [1.54, 1.807) is 0 Å². The van der Waals surface area contributed by atoms with Crippen LogP contribution in [0.25, 0.3) is 0 Å². The van der Waals surface area contributed by atoms with Crippen LogP contribution in [0.2, 0.25) is 0 Å². The number of nitrogens with one attached hydrogen (secondary N) is 1. The number of hydrogen-bond acceptors (Lipinski definition) is 2. The van der Waals surface area contributed by atoms with Gasteiger partial charge in [0.2, 0.25) is 0 Å². The molecule has 3 heteroatoms. The molecule has 1 aromatic carbocycles. The Hall–Kier alpha value is -0.540. The van der Waals surface area contributed by atoms with Crippen LogP contribution >= 0.6 is 15.9 Å². The average molecular weight is 297 g/mol. The molecule has 0 aromatic heterocycles. The van der Waals surface area contributed by atoms with Crippen LogP contribution in [0.15, 0.2) is 22.7 Å². The number of rotatable bonds is 4. The molecule has 0 bridgehead atoms. The number of hydrogen-bond donors (Lipinski definition) is 1. The van der Waals surface area contributed by atoms with Crippen molar-refractivity contribution in [2.45, 2.75) is 20.3 Å². The van der Waals surface area contributed by atoms with E-state index >= 15 is 0 Å². The monoisotopic (exact) mass is 296 g/mol. The minimum Gasteiger partial charge on any atom is -0.370 e. The smallest absolute Gasteiger partial charge is 0.0513 e. The Morgan fingerprint density at radius 1 is 1.47 bits per heavy atom. The lowest BCUT2D eigenvalue weighted by molar-refractivity contribution is 0.528. The van der Waals surface area contributed by atoms with Gasteiger partial charge in [-0.2, -0.15) is 0 Å². The van der Waals surface area contributed by atoms with E-state index in [-0.39, 0.29) is 0 Å². The first kappa shape index (κ1) is 12.9. The quantitative estimate of drug-likeness (QED) is 0.918. The van der Waals surface area contributed by atoms with Crippen LogP contribution in [0.4, 0.5) is 5.69 Å². The van der Waals surface area contributed by atoms with Crippen LogP contribution in [-0.4, -0.2) is 26.2 Å². The minimum atomic E-state index is 0.794. The molecule has 1 fully saturated rings. The first-order valence-electron chi connectivity index (χ1n) is 6.43. The van der Waals surface area contributed by atoms with Gasteiger partial charge in [-0.25, -0.2) is 0 Å². The van der Waals surface area contributed by atoms with Gasteiger partial charge in [0, 0.05) is 17.6 Å². The van der Waals surface area contributed by atoms with E-state index < -0.39 is 0 Å². The van der Waals surface area contributed by atoms with E-state index in [4.69, 9.17) is 0 Å². The van der Waals surface area contributed by atoms with Crippen molar-refractivity contribution in [1.82, 2.24) is 5.32 Å². The second-order valence-corrected chi connectivity index (χ2v) is 5.61. The molecular weight excluding hydrogens is 276 g/mol. The zero-order valence-corrected chi connectivity index (χ0v) is 12.3. The summed E-state index contributed by atoms with van der Waals surface area (Å²) >= 11 is 3.71. The van der Waals surface area contributed by atoms with Crippen molar-refractivity contribution in [2.24, 2.45) is 5.92 Å². The van der Waals surface area contributed by atoms with E-state index in [2.05, 4.69) is 58.2 Å². The van der Waals surface area contributed by atoms with Crippen LogP contribution in [0.1, 0.15) is 18.9 Å². The number of anilines is 1. The lowest BCUT2D eigenvalue weighted by Crippen LogP contribution is -2.26. The largest absolute Gasteiger partial charge is 0.370 e. The van der Waals surface area contributed by atoms with E-state index in [0.29, 0.717) is 0 Å². The molecule has 94 valence electrons.